The van der Waals surface area contributed by atoms with Crippen molar-refractivity contribution in [1.29, 1.82) is 0 Å². The van der Waals surface area contributed by atoms with Gasteiger partial charge >= 0.3 is 11.6 Å². The number of methoxy groups -OCH3 is 1. The van der Waals surface area contributed by atoms with E-state index in [-0.39, 0.29) is 17.6 Å². The molecule has 1 amide bonds. The Hall–Kier alpha value is -3.32. The van der Waals surface area contributed by atoms with E-state index in [0.717, 1.165) is 0 Å². The summed E-state index contributed by atoms with van der Waals surface area (Å²) >= 11 is 6.16. The summed E-state index contributed by atoms with van der Waals surface area (Å²) in [6, 6.07) is 10.2. The van der Waals surface area contributed by atoms with E-state index < -0.39 is 23.5 Å². The molecular weight excluding hydrogens is 398 g/mol. The molecule has 8 heteroatoms. The van der Waals surface area contributed by atoms with Crippen molar-refractivity contribution >= 4 is 34.4 Å². The second kappa shape index (κ2) is 8.36. The molecule has 29 heavy (non-hydrogen) atoms. The molecule has 0 aliphatic rings. The lowest BCUT2D eigenvalue weighted by molar-refractivity contribution is -0.142. The molecule has 0 fully saturated rings. The average molecular weight is 416 g/mol. The molecule has 0 aliphatic heterocycles. The number of carbonyl (C=O) groups excluding carboxylic acids is 1. The molecule has 2 aromatic carbocycles. The standard InChI is InChI=1S/C21H18ClNO6/c1-11-13-8-15(22)17(28-2)10-16(13)29-21(27)14(11)9-18(24)23-19(20(25)26)12-6-4-3-5-7-12/h3-8,10,19H,9H2,1-2H3,(H,23,24)(H,25,26). The van der Waals surface area contributed by atoms with Gasteiger partial charge in [-0.05, 0) is 24.1 Å². The number of hydrogen-bond donors (Lipinski definition) is 2. The molecule has 1 aromatic heterocycles. The highest BCUT2D eigenvalue weighted by atomic mass is 35.5. The normalized spacial score (nSPS) is 11.8. The summed E-state index contributed by atoms with van der Waals surface area (Å²) < 4.78 is 10.4. The SMILES string of the molecule is COc1cc2oc(=O)c(CC(=O)NC(C(=O)O)c3ccccc3)c(C)c2cc1Cl. The Morgan fingerprint density at radius 1 is 1.24 bits per heavy atom. The molecule has 0 spiro atoms. The van der Waals surface area contributed by atoms with Crippen molar-refractivity contribution in [1.82, 2.24) is 5.32 Å². The smallest absolute Gasteiger partial charge is 0.340 e. The number of halogens is 1. The largest absolute Gasteiger partial charge is 0.495 e. The summed E-state index contributed by atoms with van der Waals surface area (Å²) in [5, 5.41) is 12.8. The van der Waals surface area contributed by atoms with Crippen LogP contribution < -0.4 is 15.7 Å². The molecule has 1 unspecified atom stereocenters. The molecule has 1 atom stereocenters. The molecule has 3 rings (SSSR count). The van der Waals surface area contributed by atoms with E-state index in [1.165, 1.54) is 13.2 Å². The lowest BCUT2D eigenvalue weighted by Gasteiger charge is -2.15. The zero-order chi connectivity index (χ0) is 21.1. The lowest BCUT2D eigenvalue weighted by Crippen LogP contribution is -2.35. The van der Waals surface area contributed by atoms with Crippen molar-refractivity contribution in [2.75, 3.05) is 7.11 Å². The maximum absolute atomic E-state index is 12.5. The molecule has 2 N–H and O–H groups in total. The highest BCUT2D eigenvalue weighted by Gasteiger charge is 2.23. The number of carbonyl (C=O) groups is 2. The van der Waals surface area contributed by atoms with Crippen LogP contribution in [0.3, 0.4) is 0 Å². The van der Waals surface area contributed by atoms with E-state index in [1.807, 2.05) is 0 Å². The third-order valence-corrected chi connectivity index (χ3v) is 4.88. The molecule has 0 aliphatic carbocycles. The number of ether oxygens (including phenoxy) is 1. The number of nitrogens with one attached hydrogen (secondary N) is 1. The van der Waals surface area contributed by atoms with Crippen LogP contribution in [0.25, 0.3) is 11.0 Å². The molecular formula is C21H18ClNO6. The van der Waals surface area contributed by atoms with E-state index in [1.54, 1.807) is 43.3 Å². The predicted molar refractivity (Wildman–Crippen MR) is 107 cm³/mol. The number of benzene rings is 2. The minimum atomic E-state index is -1.23. The van der Waals surface area contributed by atoms with Crippen LogP contribution in [0.2, 0.25) is 5.02 Å². The van der Waals surface area contributed by atoms with Gasteiger partial charge in [-0.1, -0.05) is 41.9 Å². The number of carboxylic acids is 1. The fraction of sp³-hybridized carbons (Fsp3) is 0.190. The summed E-state index contributed by atoms with van der Waals surface area (Å²) in [7, 11) is 1.45. The number of amides is 1. The first-order valence-electron chi connectivity index (χ1n) is 8.68. The molecule has 1 heterocycles. The summed E-state index contributed by atoms with van der Waals surface area (Å²) in [6.45, 7) is 1.68. The van der Waals surface area contributed by atoms with E-state index in [2.05, 4.69) is 5.32 Å². The van der Waals surface area contributed by atoms with Gasteiger partial charge in [-0.15, -0.1) is 0 Å². The fourth-order valence-electron chi connectivity index (χ4n) is 3.06. The molecule has 0 bridgehead atoms. The molecule has 150 valence electrons. The minimum Gasteiger partial charge on any atom is -0.495 e. The molecule has 0 saturated carbocycles. The summed E-state index contributed by atoms with van der Waals surface area (Å²) in [5.74, 6) is -1.46. The number of aryl methyl sites for hydroxylation is 1. The van der Waals surface area contributed by atoms with E-state index in [4.69, 9.17) is 20.8 Å². The second-order valence-electron chi connectivity index (χ2n) is 6.40. The van der Waals surface area contributed by atoms with E-state index >= 15 is 0 Å². The Morgan fingerprint density at radius 2 is 1.93 bits per heavy atom. The second-order valence-corrected chi connectivity index (χ2v) is 6.81. The van der Waals surface area contributed by atoms with Crippen molar-refractivity contribution in [2.24, 2.45) is 0 Å². The fourth-order valence-corrected chi connectivity index (χ4v) is 3.30. The van der Waals surface area contributed by atoms with Crippen molar-refractivity contribution in [3.63, 3.8) is 0 Å². The Morgan fingerprint density at radius 3 is 2.55 bits per heavy atom. The van der Waals surface area contributed by atoms with Crippen molar-refractivity contribution in [3.8, 4) is 5.75 Å². The van der Waals surface area contributed by atoms with Gasteiger partial charge in [-0.2, -0.15) is 0 Å². The lowest BCUT2D eigenvalue weighted by atomic mass is 10.0. The van der Waals surface area contributed by atoms with Gasteiger partial charge in [-0.3, -0.25) is 4.79 Å². The summed E-state index contributed by atoms with van der Waals surface area (Å²) in [6.07, 6.45) is -0.329. The summed E-state index contributed by atoms with van der Waals surface area (Å²) in [4.78, 5) is 36.5. The Labute approximate surface area is 170 Å². The van der Waals surface area contributed by atoms with Crippen LogP contribution in [0.4, 0.5) is 0 Å². The zero-order valence-corrected chi connectivity index (χ0v) is 16.4. The van der Waals surface area contributed by atoms with E-state index in [9.17, 15) is 19.5 Å². The number of rotatable bonds is 6. The highest BCUT2D eigenvalue weighted by Crippen LogP contribution is 2.31. The van der Waals surface area contributed by atoms with Crippen molar-refractivity contribution in [3.05, 3.63) is 74.6 Å². The van der Waals surface area contributed by atoms with Gasteiger partial charge in [-0.25, -0.2) is 9.59 Å². The minimum absolute atomic E-state index is 0.133. The molecule has 3 aromatic rings. The topological polar surface area (TPSA) is 106 Å². The van der Waals surface area contributed by atoms with Crippen LogP contribution in [0.5, 0.6) is 5.75 Å². The first kappa shape index (κ1) is 20.4. The van der Waals surface area contributed by atoms with Crippen LogP contribution in [0, 0.1) is 6.92 Å². The van der Waals surface area contributed by atoms with Gasteiger partial charge in [0.1, 0.15) is 11.3 Å². The van der Waals surface area contributed by atoms with Gasteiger partial charge in [0.2, 0.25) is 5.91 Å². The van der Waals surface area contributed by atoms with E-state index in [0.29, 0.717) is 27.3 Å². The molecule has 0 radical (unpaired) electrons. The maximum atomic E-state index is 12.5. The van der Waals surface area contributed by atoms with Crippen LogP contribution in [0.15, 0.2) is 51.7 Å². The van der Waals surface area contributed by atoms with Crippen molar-refractivity contribution < 1.29 is 23.8 Å². The first-order chi connectivity index (χ1) is 13.8. The van der Waals surface area contributed by atoms with Crippen LogP contribution in [0.1, 0.15) is 22.7 Å². The number of carboxylic acid groups (broad SMARTS) is 1. The van der Waals surface area contributed by atoms with Gasteiger partial charge in [0, 0.05) is 11.5 Å². The molecule has 0 saturated heterocycles. The van der Waals surface area contributed by atoms with Crippen molar-refractivity contribution in [2.45, 2.75) is 19.4 Å². The van der Waals surface area contributed by atoms with Gasteiger partial charge in [0.05, 0.1) is 24.1 Å². The monoisotopic (exact) mass is 415 g/mol. The third kappa shape index (κ3) is 4.25. The summed E-state index contributed by atoms with van der Waals surface area (Å²) in [5.41, 5.74) is 0.692. The van der Waals surface area contributed by atoms with Crippen LogP contribution >= 0.6 is 11.6 Å². The predicted octanol–water partition coefficient (Wildman–Crippen LogP) is 3.25. The van der Waals surface area contributed by atoms with Crippen LogP contribution in [-0.4, -0.2) is 24.1 Å². The van der Waals surface area contributed by atoms with Gasteiger partial charge < -0.3 is 19.6 Å². The Bertz CT molecular complexity index is 1140. The quantitative estimate of drug-likeness (QED) is 0.598. The average Bonchev–Trinajstić information content (AvgIpc) is 2.70. The first-order valence-corrected chi connectivity index (χ1v) is 9.06. The molecule has 7 nitrogen and oxygen atoms in total. The van der Waals surface area contributed by atoms with Gasteiger partial charge in [0.25, 0.3) is 0 Å². The third-order valence-electron chi connectivity index (χ3n) is 4.58. The zero-order valence-electron chi connectivity index (χ0n) is 15.7. The van der Waals surface area contributed by atoms with Gasteiger partial charge in [0.15, 0.2) is 6.04 Å². The number of hydrogen-bond acceptors (Lipinski definition) is 5. The highest BCUT2D eigenvalue weighted by molar-refractivity contribution is 6.32. The Balaban J connectivity index is 1.92. The van der Waals surface area contributed by atoms with Crippen LogP contribution in [-0.2, 0) is 16.0 Å². The Kier molecular flexibility index (Phi) is 5.89. The number of aliphatic carboxylic acids is 1. The number of fused-ring (bicyclic) bond motifs is 1. The maximum Gasteiger partial charge on any atom is 0.340 e.